The number of hydrogen-bond acceptors (Lipinski definition) is 3. The second-order valence-electron chi connectivity index (χ2n) is 4.57. The molecule has 4 nitrogen and oxygen atoms in total. The van der Waals surface area contributed by atoms with Crippen LogP contribution < -0.4 is 11.1 Å². The topological polar surface area (TPSA) is 58.4 Å². The summed E-state index contributed by atoms with van der Waals surface area (Å²) >= 11 is 4.67. The van der Waals surface area contributed by atoms with Crippen molar-refractivity contribution in [1.29, 1.82) is 0 Å². The molecular formula is C14H21N3OS. The maximum atomic E-state index is 11.3. The van der Waals surface area contributed by atoms with E-state index in [4.69, 9.17) is 5.73 Å². The van der Waals surface area contributed by atoms with Crippen LogP contribution in [0.4, 0.5) is 0 Å². The zero-order valence-electron chi connectivity index (χ0n) is 11.3. The quantitative estimate of drug-likeness (QED) is 0.556. The maximum Gasteiger partial charge on any atom is 0.226 e. The van der Waals surface area contributed by atoms with Gasteiger partial charge in [-0.2, -0.15) is 0 Å². The minimum absolute atomic E-state index is 0.0989. The number of benzene rings is 1. The minimum Gasteiger partial charge on any atom is -0.393 e. The van der Waals surface area contributed by atoms with E-state index in [2.05, 4.69) is 41.6 Å². The van der Waals surface area contributed by atoms with E-state index in [1.54, 1.807) is 0 Å². The summed E-state index contributed by atoms with van der Waals surface area (Å²) in [6.45, 7) is 2.50. The first kappa shape index (κ1) is 15.6. The summed E-state index contributed by atoms with van der Waals surface area (Å²) in [4.78, 5) is 13.8. The molecule has 0 aliphatic rings. The number of amides is 1. The fourth-order valence-corrected chi connectivity index (χ4v) is 1.90. The van der Waals surface area contributed by atoms with Gasteiger partial charge in [0.2, 0.25) is 5.91 Å². The van der Waals surface area contributed by atoms with Crippen molar-refractivity contribution in [2.24, 2.45) is 5.73 Å². The normalized spacial score (nSPS) is 10.4. The average molecular weight is 279 g/mol. The Kier molecular flexibility index (Phi) is 7.07. The van der Waals surface area contributed by atoms with Crippen LogP contribution in [-0.2, 0) is 11.3 Å². The van der Waals surface area contributed by atoms with Gasteiger partial charge in [0.05, 0.1) is 11.4 Å². The summed E-state index contributed by atoms with van der Waals surface area (Å²) in [6, 6.07) is 10.3. The number of nitrogens with two attached hydrogens (primary N) is 1. The number of thiocarbonyl (C=S) groups is 1. The number of nitrogens with zero attached hydrogens (tertiary/aromatic N) is 1. The molecule has 1 aromatic carbocycles. The van der Waals surface area contributed by atoms with Crippen LogP contribution >= 0.6 is 12.2 Å². The Hall–Kier alpha value is -1.46. The molecule has 0 aromatic heterocycles. The molecule has 0 atom stereocenters. The third-order valence-electron chi connectivity index (χ3n) is 2.67. The zero-order chi connectivity index (χ0) is 14.1. The molecular weight excluding hydrogens is 258 g/mol. The standard InChI is InChI=1S/C14H21N3OS/c1-17(11-12-6-3-2-4-7-12)9-5-8-16-14(18)10-13(15)19/h2-4,6-7H,5,8-11H2,1H3,(H2,15,19)(H,16,18). The summed E-state index contributed by atoms with van der Waals surface area (Å²) in [5.74, 6) is -0.0989. The molecule has 1 rings (SSSR count). The fourth-order valence-electron chi connectivity index (χ4n) is 1.77. The average Bonchev–Trinajstić information content (AvgIpc) is 2.35. The highest BCUT2D eigenvalue weighted by Gasteiger charge is 2.03. The lowest BCUT2D eigenvalue weighted by molar-refractivity contribution is -0.119. The van der Waals surface area contributed by atoms with Crippen molar-refractivity contribution < 1.29 is 4.79 Å². The number of nitrogens with one attached hydrogen (secondary N) is 1. The van der Waals surface area contributed by atoms with Crippen LogP contribution in [0.25, 0.3) is 0 Å². The van der Waals surface area contributed by atoms with E-state index in [0.717, 1.165) is 19.5 Å². The Balaban J connectivity index is 2.12. The molecule has 0 aliphatic carbocycles. The Morgan fingerprint density at radius 1 is 1.37 bits per heavy atom. The Bertz CT molecular complexity index is 408. The van der Waals surface area contributed by atoms with Gasteiger partial charge in [-0.3, -0.25) is 4.79 Å². The van der Waals surface area contributed by atoms with Crippen LogP contribution in [0.3, 0.4) is 0 Å². The van der Waals surface area contributed by atoms with Crippen LogP contribution in [0.15, 0.2) is 30.3 Å². The van der Waals surface area contributed by atoms with Gasteiger partial charge in [-0.1, -0.05) is 42.5 Å². The molecule has 1 amide bonds. The predicted octanol–water partition coefficient (Wildman–Crippen LogP) is 1.30. The fraction of sp³-hybridized carbons (Fsp3) is 0.429. The van der Waals surface area contributed by atoms with Gasteiger partial charge in [0.1, 0.15) is 0 Å². The molecule has 0 aliphatic heterocycles. The summed E-state index contributed by atoms with van der Waals surface area (Å²) in [5.41, 5.74) is 6.59. The molecule has 0 spiro atoms. The van der Waals surface area contributed by atoms with E-state index in [-0.39, 0.29) is 17.3 Å². The lowest BCUT2D eigenvalue weighted by Gasteiger charge is -2.16. The van der Waals surface area contributed by atoms with Gasteiger partial charge in [0.25, 0.3) is 0 Å². The molecule has 0 bridgehead atoms. The molecule has 5 heteroatoms. The van der Waals surface area contributed by atoms with Crippen molar-refractivity contribution in [3.8, 4) is 0 Å². The van der Waals surface area contributed by atoms with Crippen molar-refractivity contribution >= 4 is 23.1 Å². The van der Waals surface area contributed by atoms with Crippen molar-refractivity contribution in [3.05, 3.63) is 35.9 Å². The molecule has 0 saturated carbocycles. The first-order chi connectivity index (χ1) is 9.08. The highest BCUT2D eigenvalue weighted by molar-refractivity contribution is 7.80. The van der Waals surface area contributed by atoms with Gasteiger partial charge in [-0.15, -0.1) is 0 Å². The molecule has 19 heavy (non-hydrogen) atoms. The van der Waals surface area contributed by atoms with Gasteiger partial charge < -0.3 is 16.0 Å². The van der Waals surface area contributed by atoms with Gasteiger partial charge in [0, 0.05) is 13.1 Å². The van der Waals surface area contributed by atoms with E-state index in [1.165, 1.54) is 5.56 Å². The van der Waals surface area contributed by atoms with Crippen LogP contribution in [0, 0.1) is 0 Å². The Labute approximate surface area is 120 Å². The van der Waals surface area contributed by atoms with Crippen LogP contribution in [0.2, 0.25) is 0 Å². The third kappa shape index (κ3) is 7.54. The molecule has 104 valence electrons. The van der Waals surface area contributed by atoms with Crippen molar-refractivity contribution in [1.82, 2.24) is 10.2 Å². The van der Waals surface area contributed by atoms with Crippen LogP contribution in [0.1, 0.15) is 18.4 Å². The van der Waals surface area contributed by atoms with Crippen molar-refractivity contribution in [2.45, 2.75) is 19.4 Å². The number of rotatable bonds is 8. The molecule has 0 saturated heterocycles. The predicted molar refractivity (Wildman–Crippen MR) is 81.8 cm³/mol. The SMILES string of the molecule is CN(CCCNC(=O)CC(N)=S)Cc1ccccc1. The highest BCUT2D eigenvalue weighted by atomic mass is 32.1. The number of hydrogen-bond donors (Lipinski definition) is 2. The Morgan fingerprint density at radius 3 is 2.68 bits per heavy atom. The van der Waals surface area contributed by atoms with Crippen LogP contribution in [0.5, 0.6) is 0 Å². The zero-order valence-corrected chi connectivity index (χ0v) is 12.1. The Morgan fingerprint density at radius 2 is 2.05 bits per heavy atom. The molecule has 1 aromatic rings. The summed E-state index contributed by atoms with van der Waals surface area (Å²) < 4.78 is 0. The smallest absolute Gasteiger partial charge is 0.226 e. The molecule has 0 unspecified atom stereocenters. The summed E-state index contributed by atoms with van der Waals surface area (Å²) in [5, 5.41) is 2.80. The molecule has 0 radical (unpaired) electrons. The van der Waals surface area contributed by atoms with E-state index < -0.39 is 0 Å². The first-order valence-electron chi connectivity index (χ1n) is 6.35. The monoisotopic (exact) mass is 279 g/mol. The number of carbonyl (C=O) groups is 1. The lowest BCUT2D eigenvalue weighted by atomic mass is 10.2. The third-order valence-corrected chi connectivity index (χ3v) is 2.81. The minimum atomic E-state index is -0.0989. The summed E-state index contributed by atoms with van der Waals surface area (Å²) in [7, 11) is 2.07. The van der Waals surface area contributed by atoms with Gasteiger partial charge in [0.15, 0.2) is 0 Å². The van der Waals surface area contributed by atoms with Crippen molar-refractivity contribution in [3.63, 3.8) is 0 Å². The lowest BCUT2D eigenvalue weighted by Crippen LogP contribution is -2.30. The molecule has 3 N–H and O–H groups in total. The second kappa shape index (κ2) is 8.61. The molecule has 0 fully saturated rings. The first-order valence-corrected chi connectivity index (χ1v) is 6.76. The number of carbonyl (C=O) groups excluding carboxylic acids is 1. The van der Waals surface area contributed by atoms with E-state index in [0.29, 0.717) is 6.54 Å². The maximum absolute atomic E-state index is 11.3. The summed E-state index contributed by atoms with van der Waals surface area (Å²) in [6.07, 6.45) is 1.04. The largest absolute Gasteiger partial charge is 0.393 e. The second-order valence-corrected chi connectivity index (χ2v) is 5.09. The van der Waals surface area contributed by atoms with E-state index in [9.17, 15) is 4.79 Å². The van der Waals surface area contributed by atoms with Gasteiger partial charge >= 0.3 is 0 Å². The van der Waals surface area contributed by atoms with E-state index in [1.807, 2.05) is 18.2 Å². The van der Waals surface area contributed by atoms with Gasteiger partial charge in [-0.05, 0) is 25.6 Å². The molecule has 0 heterocycles. The van der Waals surface area contributed by atoms with Crippen LogP contribution in [-0.4, -0.2) is 35.9 Å². The van der Waals surface area contributed by atoms with E-state index >= 15 is 0 Å². The van der Waals surface area contributed by atoms with Crippen molar-refractivity contribution in [2.75, 3.05) is 20.1 Å². The van der Waals surface area contributed by atoms with Gasteiger partial charge in [-0.25, -0.2) is 0 Å². The highest BCUT2D eigenvalue weighted by Crippen LogP contribution is 2.02.